The maximum atomic E-state index is 5.05. The third kappa shape index (κ3) is 3.93. The van der Waals surface area contributed by atoms with E-state index in [0.717, 1.165) is 23.9 Å². The van der Waals surface area contributed by atoms with Crippen LogP contribution in [0.1, 0.15) is 5.82 Å². The van der Waals surface area contributed by atoms with Crippen LogP contribution in [0.15, 0.2) is 6.07 Å². The van der Waals surface area contributed by atoms with E-state index in [2.05, 4.69) is 15.7 Å². The second-order valence-electron chi connectivity index (χ2n) is 2.78. The zero-order valence-corrected chi connectivity index (χ0v) is 9.84. The summed E-state index contributed by atoms with van der Waals surface area (Å²) in [5.41, 5.74) is 3.77. The van der Waals surface area contributed by atoms with Gasteiger partial charge >= 0.3 is 0 Å². The van der Waals surface area contributed by atoms with Gasteiger partial charge < -0.3 is 15.2 Å². The molecule has 0 unspecified atom stereocenters. The van der Waals surface area contributed by atoms with Crippen molar-refractivity contribution in [2.24, 2.45) is 0 Å². The lowest BCUT2D eigenvalue weighted by atomic mass is 10.5. The van der Waals surface area contributed by atoms with Gasteiger partial charge in [-0.25, -0.2) is 0 Å². The molecule has 0 radical (unpaired) electrons. The van der Waals surface area contributed by atoms with Gasteiger partial charge in [0.15, 0.2) is 0 Å². The molecule has 1 heterocycles. The van der Waals surface area contributed by atoms with E-state index in [1.807, 2.05) is 0 Å². The van der Waals surface area contributed by atoms with Crippen LogP contribution in [0.5, 0.6) is 11.8 Å². The van der Waals surface area contributed by atoms with Gasteiger partial charge in [0.2, 0.25) is 11.8 Å². The minimum absolute atomic E-state index is 0.534. The topological polar surface area (TPSA) is 71.9 Å². The van der Waals surface area contributed by atoms with Crippen molar-refractivity contribution in [1.82, 2.24) is 9.97 Å². The molecule has 0 aromatic carbocycles. The molecule has 6 heteroatoms. The molecular formula is C9H16N3O2S+. The van der Waals surface area contributed by atoms with E-state index in [1.54, 1.807) is 32.0 Å². The first-order chi connectivity index (χ1) is 7.30. The van der Waals surface area contributed by atoms with Gasteiger partial charge in [-0.2, -0.15) is 9.97 Å². The first kappa shape index (κ1) is 12.1. The summed E-state index contributed by atoms with van der Waals surface area (Å²) in [6.07, 6.45) is 0. The molecule has 1 rings (SSSR count). The van der Waals surface area contributed by atoms with Crippen LogP contribution < -0.4 is 15.2 Å². The van der Waals surface area contributed by atoms with Gasteiger partial charge in [-0.05, 0) is 0 Å². The first-order valence-corrected chi connectivity index (χ1v) is 5.78. The van der Waals surface area contributed by atoms with E-state index in [1.165, 1.54) is 0 Å². The van der Waals surface area contributed by atoms with Crippen LogP contribution in [0.2, 0.25) is 0 Å². The van der Waals surface area contributed by atoms with Gasteiger partial charge in [-0.15, -0.1) is 11.8 Å². The fourth-order valence-corrected chi connectivity index (χ4v) is 1.65. The summed E-state index contributed by atoms with van der Waals surface area (Å²) in [6.45, 7) is 0.909. The van der Waals surface area contributed by atoms with Crippen LogP contribution in [0, 0.1) is 0 Å². The summed E-state index contributed by atoms with van der Waals surface area (Å²) in [5.74, 6) is 3.55. The first-order valence-electron chi connectivity index (χ1n) is 4.63. The highest BCUT2D eigenvalue weighted by Crippen LogP contribution is 2.17. The van der Waals surface area contributed by atoms with Crippen LogP contribution >= 0.6 is 11.8 Å². The molecule has 15 heavy (non-hydrogen) atoms. The predicted molar refractivity (Wildman–Crippen MR) is 59.1 cm³/mol. The van der Waals surface area contributed by atoms with Gasteiger partial charge in [-0.1, -0.05) is 0 Å². The summed E-state index contributed by atoms with van der Waals surface area (Å²) in [5, 5.41) is 0. The van der Waals surface area contributed by atoms with Gasteiger partial charge in [0.1, 0.15) is 5.82 Å². The van der Waals surface area contributed by atoms with Crippen LogP contribution in [-0.4, -0.2) is 36.5 Å². The van der Waals surface area contributed by atoms with Crippen molar-refractivity contribution in [2.45, 2.75) is 5.75 Å². The van der Waals surface area contributed by atoms with Crippen molar-refractivity contribution in [2.75, 3.05) is 26.5 Å². The number of rotatable bonds is 6. The van der Waals surface area contributed by atoms with E-state index in [9.17, 15) is 0 Å². The van der Waals surface area contributed by atoms with E-state index in [-0.39, 0.29) is 0 Å². The maximum absolute atomic E-state index is 5.05. The molecule has 0 bridgehead atoms. The molecule has 0 saturated carbocycles. The zero-order valence-electron chi connectivity index (χ0n) is 9.02. The number of quaternary nitrogens is 1. The molecule has 0 saturated heterocycles. The molecule has 0 fully saturated rings. The Hall–Kier alpha value is -1.01. The van der Waals surface area contributed by atoms with Crippen molar-refractivity contribution >= 4 is 11.8 Å². The molecule has 0 aliphatic carbocycles. The van der Waals surface area contributed by atoms with Crippen LogP contribution in [0.3, 0.4) is 0 Å². The van der Waals surface area contributed by atoms with Gasteiger partial charge in [-0.3, -0.25) is 0 Å². The van der Waals surface area contributed by atoms with Crippen LogP contribution in [0.25, 0.3) is 0 Å². The highest BCUT2D eigenvalue weighted by Gasteiger charge is 2.05. The number of hydrogen-bond donors (Lipinski definition) is 1. The Kier molecular flexibility index (Phi) is 5.20. The maximum Gasteiger partial charge on any atom is 0.220 e. The molecule has 1 aromatic rings. The number of methoxy groups -OCH3 is 2. The SMILES string of the molecule is COc1cc(OC)nc(CSCC[NH3+])n1. The molecule has 3 N–H and O–H groups in total. The zero-order chi connectivity index (χ0) is 11.1. The average Bonchev–Trinajstić information content (AvgIpc) is 2.29. The second-order valence-corrected chi connectivity index (χ2v) is 3.88. The van der Waals surface area contributed by atoms with E-state index in [0.29, 0.717) is 11.8 Å². The Bertz CT molecular complexity index is 287. The number of aromatic nitrogens is 2. The van der Waals surface area contributed by atoms with E-state index >= 15 is 0 Å². The normalized spacial score (nSPS) is 10.1. The summed E-state index contributed by atoms with van der Waals surface area (Å²) in [4.78, 5) is 8.43. The summed E-state index contributed by atoms with van der Waals surface area (Å²) < 4.78 is 10.1. The Morgan fingerprint density at radius 3 is 2.33 bits per heavy atom. The summed E-state index contributed by atoms with van der Waals surface area (Å²) in [7, 11) is 3.16. The Morgan fingerprint density at radius 2 is 1.87 bits per heavy atom. The lowest BCUT2D eigenvalue weighted by Crippen LogP contribution is -2.51. The minimum Gasteiger partial charge on any atom is -0.481 e. The Morgan fingerprint density at radius 1 is 1.27 bits per heavy atom. The summed E-state index contributed by atoms with van der Waals surface area (Å²) in [6, 6.07) is 1.66. The lowest BCUT2D eigenvalue weighted by molar-refractivity contribution is -0.360. The van der Waals surface area contributed by atoms with Gasteiger partial charge in [0, 0.05) is 5.75 Å². The smallest absolute Gasteiger partial charge is 0.220 e. The highest BCUT2D eigenvalue weighted by molar-refractivity contribution is 7.98. The molecule has 0 amide bonds. The fraction of sp³-hybridized carbons (Fsp3) is 0.556. The highest BCUT2D eigenvalue weighted by atomic mass is 32.2. The van der Waals surface area contributed by atoms with Crippen molar-refractivity contribution in [3.05, 3.63) is 11.9 Å². The standard InChI is InChI=1S/C9H15N3O2S/c1-13-8-5-9(14-2)12-7(11-8)6-15-4-3-10/h5H,3-4,6,10H2,1-2H3/p+1. The van der Waals surface area contributed by atoms with E-state index < -0.39 is 0 Å². The van der Waals surface area contributed by atoms with Crippen LogP contribution in [0.4, 0.5) is 0 Å². The van der Waals surface area contributed by atoms with Crippen molar-refractivity contribution in [1.29, 1.82) is 0 Å². The molecular weight excluding hydrogens is 214 g/mol. The van der Waals surface area contributed by atoms with E-state index in [4.69, 9.17) is 9.47 Å². The fourth-order valence-electron chi connectivity index (χ4n) is 0.989. The Balaban J connectivity index is 2.68. The third-order valence-electron chi connectivity index (χ3n) is 1.66. The quantitative estimate of drug-likeness (QED) is 0.695. The van der Waals surface area contributed by atoms with Gasteiger partial charge in [0.25, 0.3) is 0 Å². The van der Waals surface area contributed by atoms with Crippen molar-refractivity contribution in [3.8, 4) is 11.8 Å². The number of nitrogens with zero attached hydrogens (tertiary/aromatic N) is 2. The Labute approximate surface area is 93.4 Å². The molecule has 0 aliphatic rings. The third-order valence-corrected chi connectivity index (χ3v) is 2.70. The monoisotopic (exact) mass is 230 g/mol. The molecule has 84 valence electrons. The second kappa shape index (κ2) is 6.47. The van der Waals surface area contributed by atoms with Crippen molar-refractivity contribution in [3.63, 3.8) is 0 Å². The number of hydrogen-bond acceptors (Lipinski definition) is 5. The predicted octanol–water partition coefficient (Wildman–Crippen LogP) is -0.0311. The molecule has 5 nitrogen and oxygen atoms in total. The molecule has 0 spiro atoms. The molecule has 1 aromatic heterocycles. The average molecular weight is 230 g/mol. The number of ether oxygens (including phenoxy) is 2. The van der Waals surface area contributed by atoms with Gasteiger partial charge in [0.05, 0.1) is 32.6 Å². The van der Waals surface area contributed by atoms with Crippen molar-refractivity contribution < 1.29 is 15.2 Å². The molecule has 0 aliphatic heterocycles. The largest absolute Gasteiger partial charge is 0.481 e. The number of thioether (sulfide) groups is 1. The minimum atomic E-state index is 0.534. The summed E-state index contributed by atoms with van der Waals surface area (Å²) >= 11 is 1.75. The molecule has 0 atom stereocenters. The van der Waals surface area contributed by atoms with Crippen LogP contribution in [-0.2, 0) is 5.75 Å². The lowest BCUT2D eigenvalue weighted by Gasteiger charge is -2.05.